The van der Waals surface area contributed by atoms with Crippen molar-refractivity contribution in [3.05, 3.63) is 59.7 Å². The van der Waals surface area contributed by atoms with Gasteiger partial charge in [-0.2, -0.15) is 0 Å². The number of rotatable bonds is 7. The molecule has 0 saturated heterocycles. The van der Waals surface area contributed by atoms with Crippen LogP contribution in [0.1, 0.15) is 44.2 Å². The Morgan fingerprint density at radius 2 is 1.61 bits per heavy atom. The van der Waals surface area contributed by atoms with Gasteiger partial charge in [0.15, 0.2) is 0 Å². The van der Waals surface area contributed by atoms with E-state index < -0.39 is 17.5 Å². The van der Waals surface area contributed by atoms with Crippen LogP contribution >= 0.6 is 0 Å². The number of carboxylic acids is 1. The van der Waals surface area contributed by atoms with Crippen molar-refractivity contribution < 1.29 is 19.4 Å². The van der Waals surface area contributed by atoms with Crippen molar-refractivity contribution in [2.75, 3.05) is 13.2 Å². The number of fused-ring (bicyclic) bond motifs is 3. The van der Waals surface area contributed by atoms with E-state index >= 15 is 0 Å². The Kier molecular flexibility index (Phi) is 5.73. The lowest BCUT2D eigenvalue weighted by Gasteiger charge is -2.26. The van der Waals surface area contributed by atoms with Crippen molar-refractivity contribution in [3.8, 4) is 11.1 Å². The quantitative estimate of drug-likeness (QED) is 0.731. The highest BCUT2D eigenvalue weighted by atomic mass is 16.5. The van der Waals surface area contributed by atoms with Crippen LogP contribution in [-0.4, -0.2) is 30.3 Å². The summed E-state index contributed by atoms with van der Waals surface area (Å²) >= 11 is 0. The molecule has 0 aromatic heterocycles. The predicted molar refractivity (Wildman–Crippen MR) is 108 cm³/mol. The van der Waals surface area contributed by atoms with E-state index in [0.29, 0.717) is 6.42 Å². The Labute approximate surface area is 165 Å². The number of carbonyl (C=O) groups excluding carboxylic acids is 1. The summed E-state index contributed by atoms with van der Waals surface area (Å²) in [5.41, 5.74) is 3.61. The first-order valence-electron chi connectivity index (χ1n) is 9.64. The number of alkyl carbamates (subject to hydrolysis) is 1. The zero-order valence-corrected chi connectivity index (χ0v) is 16.6. The monoisotopic (exact) mass is 381 g/mol. The molecule has 5 nitrogen and oxygen atoms in total. The number of carbonyl (C=O) groups is 2. The summed E-state index contributed by atoms with van der Waals surface area (Å²) in [6, 6.07) is 16.3. The second kappa shape index (κ2) is 8.05. The summed E-state index contributed by atoms with van der Waals surface area (Å²) in [4.78, 5) is 23.9. The minimum Gasteiger partial charge on any atom is -0.481 e. The Balaban J connectivity index is 1.64. The molecule has 0 bridgehead atoms. The minimum atomic E-state index is -1.01. The van der Waals surface area contributed by atoms with E-state index in [1.54, 1.807) is 6.92 Å². The van der Waals surface area contributed by atoms with E-state index in [0.717, 1.165) is 11.1 Å². The molecule has 28 heavy (non-hydrogen) atoms. The second-order valence-corrected chi connectivity index (χ2v) is 8.14. The van der Waals surface area contributed by atoms with Gasteiger partial charge in [0.25, 0.3) is 0 Å². The Morgan fingerprint density at radius 1 is 1.07 bits per heavy atom. The topological polar surface area (TPSA) is 75.6 Å². The lowest BCUT2D eigenvalue weighted by Crippen LogP contribution is -2.42. The van der Waals surface area contributed by atoms with Crippen LogP contribution in [0.2, 0.25) is 0 Å². The van der Waals surface area contributed by atoms with E-state index in [-0.39, 0.29) is 25.0 Å². The zero-order chi connectivity index (χ0) is 20.3. The molecule has 2 aromatic rings. The van der Waals surface area contributed by atoms with Crippen LogP contribution in [0.25, 0.3) is 11.1 Å². The van der Waals surface area contributed by atoms with Gasteiger partial charge in [-0.05, 0) is 41.5 Å². The van der Waals surface area contributed by atoms with Crippen LogP contribution < -0.4 is 5.32 Å². The molecule has 1 aliphatic carbocycles. The van der Waals surface area contributed by atoms with Crippen LogP contribution in [-0.2, 0) is 9.53 Å². The molecular formula is C23H27NO4. The molecule has 1 aliphatic rings. The number of benzene rings is 2. The summed E-state index contributed by atoms with van der Waals surface area (Å²) in [6.07, 6.45) is -0.107. The Hall–Kier alpha value is -2.82. The molecule has 1 unspecified atom stereocenters. The fraction of sp³-hybridized carbons (Fsp3) is 0.391. The maximum atomic E-state index is 12.3. The Bertz CT molecular complexity index is 831. The number of aliphatic carboxylic acids is 1. The standard InChI is InChI=1S/C23H27NO4/c1-15(2)12-23(3,21(25)26)14-24-22(27)28-13-20-18-10-6-4-8-16(18)17-9-5-7-11-19(17)20/h4-11,15,20H,12-14H2,1-3H3,(H,24,27)(H,25,26). The summed E-state index contributed by atoms with van der Waals surface area (Å²) in [7, 11) is 0. The van der Waals surface area contributed by atoms with Crippen molar-refractivity contribution in [2.24, 2.45) is 11.3 Å². The molecule has 2 aromatic carbocycles. The third kappa shape index (κ3) is 4.03. The number of amides is 1. The van der Waals surface area contributed by atoms with Crippen molar-refractivity contribution in [1.29, 1.82) is 0 Å². The summed E-state index contributed by atoms with van der Waals surface area (Å²) in [5.74, 6) is -0.717. The van der Waals surface area contributed by atoms with Gasteiger partial charge in [-0.1, -0.05) is 62.4 Å². The molecule has 1 amide bonds. The third-order valence-corrected chi connectivity index (χ3v) is 5.34. The SMILES string of the molecule is CC(C)CC(C)(CNC(=O)OCC1c2ccccc2-c2ccccc21)C(=O)O. The highest BCUT2D eigenvalue weighted by molar-refractivity contribution is 5.79. The molecule has 2 N–H and O–H groups in total. The molecular weight excluding hydrogens is 354 g/mol. The van der Waals surface area contributed by atoms with E-state index in [1.807, 2.05) is 38.1 Å². The zero-order valence-electron chi connectivity index (χ0n) is 16.6. The van der Waals surface area contributed by atoms with Crippen molar-refractivity contribution in [1.82, 2.24) is 5.32 Å². The normalized spacial score (nSPS) is 14.9. The van der Waals surface area contributed by atoms with Crippen LogP contribution in [0, 0.1) is 11.3 Å². The number of carboxylic acid groups (broad SMARTS) is 1. The highest BCUT2D eigenvalue weighted by Gasteiger charge is 2.35. The number of ether oxygens (including phenoxy) is 1. The van der Waals surface area contributed by atoms with Gasteiger partial charge >= 0.3 is 12.1 Å². The molecule has 3 rings (SSSR count). The van der Waals surface area contributed by atoms with Crippen LogP contribution in [0.3, 0.4) is 0 Å². The first-order chi connectivity index (χ1) is 13.3. The maximum Gasteiger partial charge on any atom is 0.407 e. The van der Waals surface area contributed by atoms with Gasteiger partial charge in [0.2, 0.25) is 0 Å². The molecule has 1 atom stereocenters. The van der Waals surface area contributed by atoms with E-state index in [4.69, 9.17) is 4.74 Å². The number of hydrogen-bond acceptors (Lipinski definition) is 3. The van der Waals surface area contributed by atoms with Crippen LogP contribution in [0.5, 0.6) is 0 Å². The molecule has 148 valence electrons. The second-order valence-electron chi connectivity index (χ2n) is 8.14. The number of nitrogens with one attached hydrogen (secondary N) is 1. The fourth-order valence-electron chi connectivity index (χ4n) is 4.05. The average molecular weight is 381 g/mol. The third-order valence-electron chi connectivity index (χ3n) is 5.34. The highest BCUT2D eigenvalue weighted by Crippen LogP contribution is 2.44. The van der Waals surface area contributed by atoms with E-state index in [9.17, 15) is 14.7 Å². The number of hydrogen-bond donors (Lipinski definition) is 2. The molecule has 0 radical (unpaired) electrons. The first-order valence-corrected chi connectivity index (χ1v) is 9.64. The summed E-state index contributed by atoms with van der Waals surface area (Å²) in [5, 5.41) is 12.2. The molecule has 0 spiro atoms. The van der Waals surface area contributed by atoms with E-state index in [2.05, 4.69) is 29.6 Å². The van der Waals surface area contributed by atoms with Gasteiger partial charge in [-0.3, -0.25) is 4.79 Å². The molecule has 0 fully saturated rings. The lowest BCUT2D eigenvalue weighted by molar-refractivity contribution is -0.148. The lowest BCUT2D eigenvalue weighted by atomic mass is 9.82. The average Bonchev–Trinajstić information content (AvgIpc) is 2.98. The molecule has 0 saturated carbocycles. The Morgan fingerprint density at radius 3 is 2.11 bits per heavy atom. The van der Waals surface area contributed by atoms with Gasteiger partial charge in [0.05, 0.1) is 5.41 Å². The molecule has 5 heteroatoms. The predicted octanol–water partition coefficient (Wildman–Crippen LogP) is 4.66. The fourth-order valence-corrected chi connectivity index (χ4v) is 4.05. The largest absolute Gasteiger partial charge is 0.481 e. The minimum absolute atomic E-state index is 0.0142. The summed E-state index contributed by atoms with van der Waals surface area (Å²) < 4.78 is 5.48. The molecule has 0 heterocycles. The van der Waals surface area contributed by atoms with Gasteiger partial charge in [0.1, 0.15) is 6.61 Å². The maximum absolute atomic E-state index is 12.3. The van der Waals surface area contributed by atoms with Crippen molar-refractivity contribution in [2.45, 2.75) is 33.1 Å². The summed E-state index contributed by atoms with van der Waals surface area (Å²) in [6.45, 7) is 5.84. The first kappa shape index (κ1) is 19.9. The van der Waals surface area contributed by atoms with E-state index in [1.165, 1.54) is 11.1 Å². The van der Waals surface area contributed by atoms with Crippen LogP contribution in [0.15, 0.2) is 48.5 Å². The van der Waals surface area contributed by atoms with Gasteiger partial charge in [-0.15, -0.1) is 0 Å². The van der Waals surface area contributed by atoms with Crippen molar-refractivity contribution in [3.63, 3.8) is 0 Å². The van der Waals surface area contributed by atoms with Crippen molar-refractivity contribution >= 4 is 12.1 Å². The van der Waals surface area contributed by atoms with Gasteiger partial charge in [-0.25, -0.2) is 4.79 Å². The van der Waals surface area contributed by atoms with Gasteiger partial charge < -0.3 is 15.2 Å². The van der Waals surface area contributed by atoms with Crippen LogP contribution in [0.4, 0.5) is 4.79 Å². The van der Waals surface area contributed by atoms with Gasteiger partial charge in [0, 0.05) is 12.5 Å². The molecule has 0 aliphatic heterocycles. The smallest absolute Gasteiger partial charge is 0.407 e.